The fraction of sp³-hybridized carbons (Fsp3) is 0. The minimum absolute atomic E-state index is 1.09. The Morgan fingerprint density at radius 3 is 1.10 bits per heavy atom. The van der Waals surface area contributed by atoms with Gasteiger partial charge >= 0.3 is 0 Å². The summed E-state index contributed by atoms with van der Waals surface area (Å²) in [6, 6.07) is 98.0. The first-order valence-corrected chi connectivity index (χ1v) is 21.6. The number of benzene rings is 9. The Morgan fingerprint density at radius 1 is 0.206 bits per heavy atom. The summed E-state index contributed by atoms with van der Waals surface area (Å²) in [7, 11) is 0. The van der Waals surface area contributed by atoms with Gasteiger partial charge in [-0.15, -0.1) is 0 Å². The van der Waals surface area contributed by atoms with Gasteiger partial charge in [0.25, 0.3) is 0 Å². The van der Waals surface area contributed by atoms with Gasteiger partial charge in [0.2, 0.25) is 0 Å². The van der Waals surface area contributed by atoms with E-state index in [1.807, 2.05) is 0 Å². The first kappa shape index (κ1) is 38.9. The van der Waals surface area contributed by atoms with Crippen LogP contribution in [0.3, 0.4) is 0 Å². The molecular weight excluding hydrogens is 759 g/mol. The molecule has 1 nitrogen and oxygen atoms in total. The molecule has 0 N–H and O–H groups in total. The number of hydrogen-bond acceptors (Lipinski definition) is 1. The normalized spacial score (nSPS) is 10.9. The zero-order valence-corrected chi connectivity index (χ0v) is 34.9. The highest BCUT2D eigenvalue weighted by atomic mass is 15.1. The van der Waals surface area contributed by atoms with Crippen molar-refractivity contribution in [1.29, 1.82) is 0 Å². The van der Waals surface area contributed by atoms with E-state index in [1.54, 1.807) is 0 Å². The SMILES string of the molecule is c1cccc(-c2ccc(N(c3ccccc3)c3ccc(-c4ccc(-c5c(-c6ccccc6)cc(-c6ccccc6)cc5-c5ccccc5)cc4)cc3)cc2)c2ccccc2ccc1. The molecule has 0 spiro atoms. The van der Waals surface area contributed by atoms with Crippen molar-refractivity contribution >= 4 is 27.8 Å². The third kappa shape index (κ3) is 8.42. The lowest BCUT2D eigenvalue weighted by molar-refractivity contribution is 1.28. The third-order valence-electron chi connectivity index (χ3n) is 11.7. The second-order valence-corrected chi connectivity index (χ2v) is 15.7. The summed E-state index contributed by atoms with van der Waals surface area (Å²) >= 11 is 0. The second kappa shape index (κ2) is 18.2. The van der Waals surface area contributed by atoms with E-state index < -0.39 is 0 Å². The quantitative estimate of drug-likeness (QED) is 0.140. The van der Waals surface area contributed by atoms with E-state index in [-0.39, 0.29) is 0 Å². The average molecular weight is 804 g/mol. The maximum atomic E-state index is 2.36. The highest BCUT2D eigenvalue weighted by Gasteiger charge is 2.18. The van der Waals surface area contributed by atoms with E-state index in [4.69, 9.17) is 0 Å². The lowest BCUT2D eigenvalue weighted by Crippen LogP contribution is -2.09. The number of rotatable bonds is 9. The summed E-state index contributed by atoms with van der Waals surface area (Å²) in [5.74, 6) is 0. The van der Waals surface area contributed by atoms with Crippen molar-refractivity contribution in [3.8, 4) is 66.8 Å². The first-order valence-electron chi connectivity index (χ1n) is 21.6. The minimum atomic E-state index is 1.09. The summed E-state index contributed by atoms with van der Waals surface area (Å²) in [5.41, 5.74) is 17.6. The van der Waals surface area contributed by atoms with E-state index in [9.17, 15) is 0 Å². The summed E-state index contributed by atoms with van der Waals surface area (Å²) in [6.45, 7) is 0. The van der Waals surface area contributed by atoms with Crippen LogP contribution in [0.1, 0.15) is 0 Å². The van der Waals surface area contributed by atoms with E-state index in [2.05, 4.69) is 278 Å². The van der Waals surface area contributed by atoms with Crippen molar-refractivity contribution in [3.63, 3.8) is 0 Å². The maximum Gasteiger partial charge on any atom is 0.0462 e. The molecule has 0 fully saturated rings. The standard InChI is InChI=1S/C62H45N/c1-2-8-22-49-27-18-19-31-58(49)59(30-17-3-1)52-38-42-57(43-39-52)63(55-28-15-7-16-29-55)56-40-36-48(37-41-56)47-32-34-53(35-33-47)62-60(50-23-11-5-12-24-50)44-54(46-20-9-4-10-21-46)45-61(62)51-25-13-6-14-26-51/h1-45H. The van der Waals surface area contributed by atoms with Gasteiger partial charge in [-0.2, -0.15) is 0 Å². The molecule has 0 aromatic heterocycles. The molecule has 0 unspecified atom stereocenters. The number of hydrogen-bond donors (Lipinski definition) is 0. The predicted molar refractivity (Wildman–Crippen MR) is 269 cm³/mol. The van der Waals surface area contributed by atoms with Gasteiger partial charge in [-0.1, -0.05) is 224 Å². The van der Waals surface area contributed by atoms with Crippen LogP contribution in [0.25, 0.3) is 77.5 Å². The van der Waals surface area contributed by atoms with Crippen LogP contribution in [-0.4, -0.2) is 0 Å². The van der Waals surface area contributed by atoms with Crippen molar-refractivity contribution in [2.24, 2.45) is 0 Å². The Balaban J connectivity index is 1.01. The molecule has 63 heavy (non-hydrogen) atoms. The van der Waals surface area contributed by atoms with Gasteiger partial charge in [-0.25, -0.2) is 0 Å². The van der Waals surface area contributed by atoms with Crippen molar-refractivity contribution in [3.05, 3.63) is 273 Å². The van der Waals surface area contributed by atoms with Gasteiger partial charge in [-0.05, 0) is 126 Å². The second-order valence-electron chi connectivity index (χ2n) is 15.7. The highest BCUT2D eigenvalue weighted by molar-refractivity contribution is 5.98. The largest absolute Gasteiger partial charge is 0.311 e. The monoisotopic (exact) mass is 803 g/mol. The highest BCUT2D eigenvalue weighted by Crippen LogP contribution is 2.44. The number of anilines is 3. The van der Waals surface area contributed by atoms with E-state index >= 15 is 0 Å². The number of fused-ring (bicyclic) bond motifs is 1. The van der Waals surface area contributed by atoms with Gasteiger partial charge < -0.3 is 4.90 Å². The molecule has 298 valence electrons. The molecule has 0 bridgehead atoms. The van der Waals surface area contributed by atoms with Crippen LogP contribution < -0.4 is 4.90 Å². The molecule has 10 rings (SSSR count). The maximum absolute atomic E-state index is 2.36. The molecule has 0 amide bonds. The van der Waals surface area contributed by atoms with Crippen LogP contribution >= 0.6 is 0 Å². The van der Waals surface area contributed by atoms with Crippen molar-refractivity contribution < 1.29 is 0 Å². The van der Waals surface area contributed by atoms with E-state index in [1.165, 1.54) is 77.5 Å². The predicted octanol–water partition coefficient (Wildman–Crippen LogP) is 17.4. The summed E-state index contributed by atoms with van der Waals surface area (Å²) < 4.78 is 0. The zero-order valence-electron chi connectivity index (χ0n) is 34.9. The molecule has 0 aliphatic carbocycles. The van der Waals surface area contributed by atoms with Crippen molar-refractivity contribution in [2.75, 3.05) is 4.90 Å². The Bertz CT molecular complexity index is 3100. The zero-order chi connectivity index (χ0) is 42.2. The Kier molecular flexibility index (Phi) is 11.2. The Hall–Kier alpha value is -8.26. The fourth-order valence-electron chi connectivity index (χ4n) is 8.62. The van der Waals surface area contributed by atoms with Gasteiger partial charge in [0.1, 0.15) is 0 Å². The van der Waals surface area contributed by atoms with Gasteiger partial charge in [0.15, 0.2) is 0 Å². The number of nitrogens with zero attached hydrogens (tertiary/aromatic N) is 1. The third-order valence-corrected chi connectivity index (χ3v) is 11.7. The Labute approximate surface area is 370 Å². The van der Waals surface area contributed by atoms with Crippen LogP contribution in [0.5, 0.6) is 0 Å². The number of para-hydroxylation sites is 1. The Morgan fingerprint density at radius 2 is 0.540 bits per heavy atom. The molecule has 1 heteroatoms. The van der Waals surface area contributed by atoms with E-state index in [0.717, 1.165) is 17.1 Å². The molecular formula is C62H45N. The average Bonchev–Trinajstić information content (AvgIpc) is 3.37. The molecule has 0 aliphatic heterocycles. The van der Waals surface area contributed by atoms with Crippen molar-refractivity contribution in [2.45, 2.75) is 0 Å². The topological polar surface area (TPSA) is 3.24 Å². The van der Waals surface area contributed by atoms with Crippen LogP contribution in [0.15, 0.2) is 273 Å². The molecule has 0 heterocycles. The van der Waals surface area contributed by atoms with Gasteiger partial charge in [-0.3, -0.25) is 0 Å². The summed E-state index contributed by atoms with van der Waals surface area (Å²) in [6.07, 6.45) is 0. The molecule has 10 aromatic carbocycles. The lowest BCUT2D eigenvalue weighted by atomic mass is 9.84. The fourth-order valence-corrected chi connectivity index (χ4v) is 8.62. The molecule has 0 aliphatic rings. The molecule has 0 atom stereocenters. The van der Waals surface area contributed by atoms with Crippen LogP contribution in [0.2, 0.25) is 0 Å². The molecule has 0 saturated carbocycles. The van der Waals surface area contributed by atoms with Crippen molar-refractivity contribution in [1.82, 2.24) is 0 Å². The lowest BCUT2D eigenvalue weighted by Gasteiger charge is -2.26. The molecule has 0 radical (unpaired) electrons. The smallest absolute Gasteiger partial charge is 0.0462 e. The molecule has 0 saturated heterocycles. The van der Waals surface area contributed by atoms with Crippen LogP contribution in [0, 0.1) is 0 Å². The first-order chi connectivity index (χ1) is 31.3. The minimum Gasteiger partial charge on any atom is -0.311 e. The van der Waals surface area contributed by atoms with E-state index in [0.29, 0.717) is 0 Å². The summed E-state index contributed by atoms with van der Waals surface area (Å²) in [5, 5.41) is 2.40. The van der Waals surface area contributed by atoms with Crippen LogP contribution in [0.4, 0.5) is 17.1 Å². The summed E-state index contributed by atoms with van der Waals surface area (Å²) in [4.78, 5) is 2.33. The van der Waals surface area contributed by atoms with Gasteiger partial charge in [0.05, 0.1) is 0 Å². The molecule has 10 aromatic rings. The van der Waals surface area contributed by atoms with Gasteiger partial charge in [0, 0.05) is 17.1 Å². The van der Waals surface area contributed by atoms with Crippen LogP contribution in [-0.2, 0) is 0 Å².